The van der Waals surface area contributed by atoms with Crippen molar-refractivity contribution in [2.75, 3.05) is 26.8 Å². The van der Waals surface area contributed by atoms with E-state index in [1.807, 2.05) is 56.3 Å². The van der Waals surface area contributed by atoms with Crippen LogP contribution in [-0.2, 0) is 20.7 Å². The van der Waals surface area contributed by atoms with Crippen LogP contribution in [0.4, 0.5) is 0 Å². The molecule has 2 atom stereocenters. The molecule has 0 radical (unpaired) electrons. The molecule has 1 N–H and O–H groups in total. The number of carbonyl (C=O) groups excluding carboxylic acids is 2. The van der Waals surface area contributed by atoms with Crippen LogP contribution in [0.25, 0.3) is 10.9 Å². The zero-order chi connectivity index (χ0) is 23.8. The number of hydrogen-bond acceptors (Lipinski definition) is 4. The maximum absolute atomic E-state index is 13.7. The van der Waals surface area contributed by atoms with Crippen molar-refractivity contribution < 1.29 is 19.1 Å². The lowest BCUT2D eigenvalue weighted by Crippen LogP contribution is -2.63. The Kier molecular flexibility index (Phi) is 6.04. The van der Waals surface area contributed by atoms with Crippen LogP contribution in [0.1, 0.15) is 43.1 Å². The number of piperazine rings is 1. The van der Waals surface area contributed by atoms with Crippen LogP contribution in [0, 0.1) is 0 Å². The van der Waals surface area contributed by atoms with Gasteiger partial charge in [-0.1, -0.05) is 36.4 Å². The largest absolute Gasteiger partial charge is 0.496 e. The Labute approximate surface area is 199 Å². The first kappa shape index (κ1) is 22.5. The Bertz CT molecular complexity index is 1220. The molecular formula is C27H31N3O4. The summed E-state index contributed by atoms with van der Waals surface area (Å²) in [5.41, 5.74) is 3.94. The summed E-state index contributed by atoms with van der Waals surface area (Å²) < 4.78 is 11.3. The zero-order valence-corrected chi connectivity index (χ0v) is 19.9. The number of carbonyl (C=O) groups is 2. The lowest BCUT2D eigenvalue weighted by atomic mass is 9.86. The molecule has 1 saturated heterocycles. The lowest BCUT2D eigenvalue weighted by molar-refractivity contribution is -0.158. The quantitative estimate of drug-likeness (QED) is 0.545. The molecule has 0 spiro atoms. The molecule has 2 aliphatic heterocycles. The van der Waals surface area contributed by atoms with E-state index in [1.165, 1.54) is 0 Å². The maximum Gasteiger partial charge on any atom is 0.246 e. The number of methoxy groups -OCH3 is 1. The summed E-state index contributed by atoms with van der Waals surface area (Å²) in [4.78, 5) is 34.3. The number of hydrogen-bond donors (Lipinski definition) is 1. The summed E-state index contributed by atoms with van der Waals surface area (Å²) >= 11 is 0. The van der Waals surface area contributed by atoms with Gasteiger partial charge in [-0.05, 0) is 38.0 Å². The van der Waals surface area contributed by atoms with Crippen molar-refractivity contribution in [1.29, 1.82) is 0 Å². The van der Waals surface area contributed by atoms with Gasteiger partial charge in [0.1, 0.15) is 17.8 Å². The van der Waals surface area contributed by atoms with Gasteiger partial charge in [0.15, 0.2) is 0 Å². The molecular weight excluding hydrogens is 430 g/mol. The molecule has 3 aromatic rings. The third-order valence-corrected chi connectivity index (χ3v) is 6.80. The fraction of sp³-hybridized carbons (Fsp3) is 0.407. The highest BCUT2D eigenvalue weighted by Crippen LogP contribution is 2.44. The van der Waals surface area contributed by atoms with Gasteiger partial charge in [-0.3, -0.25) is 9.59 Å². The fourth-order valence-corrected chi connectivity index (χ4v) is 5.30. The summed E-state index contributed by atoms with van der Waals surface area (Å²) in [6, 6.07) is 14.9. The van der Waals surface area contributed by atoms with E-state index in [9.17, 15) is 9.59 Å². The second-order valence-corrected chi connectivity index (χ2v) is 9.26. The number of H-pyrrole nitrogens is 1. The van der Waals surface area contributed by atoms with Crippen LogP contribution < -0.4 is 4.74 Å². The zero-order valence-electron chi connectivity index (χ0n) is 19.9. The van der Waals surface area contributed by atoms with E-state index >= 15 is 0 Å². The van der Waals surface area contributed by atoms with Crippen molar-refractivity contribution in [2.45, 2.75) is 44.9 Å². The lowest BCUT2D eigenvalue weighted by Gasteiger charge is -2.47. The number of fused-ring (bicyclic) bond motifs is 4. The second kappa shape index (κ2) is 9.14. The van der Waals surface area contributed by atoms with Crippen molar-refractivity contribution in [1.82, 2.24) is 14.8 Å². The predicted octanol–water partition coefficient (Wildman–Crippen LogP) is 3.68. The SMILES string of the molecule is COc1ccccc1[C@H]1c2[nH]c3ccccc3c2C[C@H]2C(=O)N(CCCOC(C)C)CC(=O)N12. The number of nitrogens with one attached hydrogen (secondary N) is 1. The Balaban J connectivity index is 1.55. The molecule has 178 valence electrons. The standard InChI is InChI=1S/C27H31N3O4/c1-17(2)34-14-8-13-29-16-24(31)30-22(27(29)32)15-20-18-9-4-6-11-21(18)28-25(20)26(30)19-10-5-7-12-23(19)33-3/h4-7,9-12,17,22,26,28H,8,13-16H2,1-3H3/t22-,26-/m0/s1. The fourth-order valence-electron chi connectivity index (χ4n) is 5.30. The van der Waals surface area contributed by atoms with E-state index in [2.05, 4.69) is 11.1 Å². The molecule has 2 aliphatic rings. The summed E-state index contributed by atoms with van der Waals surface area (Å²) in [6.07, 6.45) is 1.35. The molecule has 3 heterocycles. The van der Waals surface area contributed by atoms with Crippen LogP contribution >= 0.6 is 0 Å². The van der Waals surface area contributed by atoms with E-state index in [0.29, 0.717) is 31.7 Å². The number of amides is 2. The minimum atomic E-state index is -0.547. The monoisotopic (exact) mass is 461 g/mol. The number of aromatic nitrogens is 1. The van der Waals surface area contributed by atoms with E-state index in [1.54, 1.807) is 16.9 Å². The number of ether oxygens (including phenoxy) is 2. The van der Waals surface area contributed by atoms with Gasteiger partial charge < -0.3 is 24.3 Å². The minimum Gasteiger partial charge on any atom is -0.496 e. The van der Waals surface area contributed by atoms with Gasteiger partial charge in [0.05, 0.1) is 19.8 Å². The molecule has 1 fully saturated rings. The van der Waals surface area contributed by atoms with Gasteiger partial charge >= 0.3 is 0 Å². The summed E-state index contributed by atoms with van der Waals surface area (Å²) in [7, 11) is 1.63. The Morgan fingerprint density at radius 2 is 1.85 bits per heavy atom. The first-order valence-electron chi connectivity index (χ1n) is 11.9. The van der Waals surface area contributed by atoms with Crippen molar-refractivity contribution in [2.24, 2.45) is 0 Å². The molecule has 0 aliphatic carbocycles. The number of nitrogens with zero attached hydrogens (tertiary/aromatic N) is 2. The van der Waals surface area contributed by atoms with Crippen LogP contribution in [0.3, 0.4) is 0 Å². The topological polar surface area (TPSA) is 74.9 Å². The minimum absolute atomic E-state index is 0.0000222. The van der Waals surface area contributed by atoms with Gasteiger partial charge in [0.2, 0.25) is 11.8 Å². The number of para-hydroxylation sites is 2. The summed E-state index contributed by atoms with van der Waals surface area (Å²) in [5, 5.41) is 1.10. The molecule has 2 aromatic carbocycles. The van der Waals surface area contributed by atoms with Gasteiger partial charge in [0, 0.05) is 41.7 Å². The van der Waals surface area contributed by atoms with E-state index < -0.39 is 12.1 Å². The first-order chi connectivity index (χ1) is 16.5. The average molecular weight is 462 g/mol. The number of aromatic amines is 1. The molecule has 2 amide bonds. The third-order valence-electron chi connectivity index (χ3n) is 6.80. The highest BCUT2D eigenvalue weighted by molar-refractivity contribution is 5.97. The van der Waals surface area contributed by atoms with Crippen molar-refractivity contribution in [3.05, 3.63) is 65.4 Å². The number of benzene rings is 2. The smallest absolute Gasteiger partial charge is 0.246 e. The molecule has 5 rings (SSSR count). The van der Waals surface area contributed by atoms with Crippen molar-refractivity contribution in [3.8, 4) is 5.75 Å². The van der Waals surface area contributed by atoms with Crippen molar-refractivity contribution in [3.63, 3.8) is 0 Å². The van der Waals surface area contributed by atoms with Crippen LogP contribution in [0.15, 0.2) is 48.5 Å². The molecule has 0 unspecified atom stereocenters. The van der Waals surface area contributed by atoms with E-state index in [-0.39, 0.29) is 24.5 Å². The molecule has 7 heteroatoms. The first-order valence-corrected chi connectivity index (χ1v) is 11.9. The van der Waals surface area contributed by atoms with Crippen LogP contribution in [-0.4, -0.2) is 65.6 Å². The van der Waals surface area contributed by atoms with E-state index in [0.717, 1.165) is 27.7 Å². The van der Waals surface area contributed by atoms with Crippen LogP contribution in [0.2, 0.25) is 0 Å². The van der Waals surface area contributed by atoms with Crippen molar-refractivity contribution >= 4 is 22.7 Å². The molecule has 7 nitrogen and oxygen atoms in total. The third kappa shape index (κ3) is 3.84. The Morgan fingerprint density at radius 1 is 1.09 bits per heavy atom. The van der Waals surface area contributed by atoms with Gasteiger partial charge in [-0.2, -0.15) is 0 Å². The highest BCUT2D eigenvalue weighted by atomic mass is 16.5. The second-order valence-electron chi connectivity index (χ2n) is 9.26. The molecule has 1 aromatic heterocycles. The molecule has 0 bridgehead atoms. The van der Waals surface area contributed by atoms with Crippen LogP contribution in [0.5, 0.6) is 5.75 Å². The summed E-state index contributed by atoms with van der Waals surface area (Å²) in [5.74, 6) is 0.654. The number of rotatable bonds is 7. The average Bonchev–Trinajstić information content (AvgIpc) is 3.21. The van der Waals surface area contributed by atoms with E-state index in [4.69, 9.17) is 9.47 Å². The van der Waals surface area contributed by atoms with Gasteiger partial charge in [-0.15, -0.1) is 0 Å². The van der Waals surface area contributed by atoms with Gasteiger partial charge in [-0.25, -0.2) is 0 Å². The molecule has 0 saturated carbocycles. The predicted molar refractivity (Wildman–Crippen MR) is 130 cm³/mol. The highest BCUT2D eigenvalue weighted by Gasteiger charge is 2.48. The normalized spacial score (nSPS) is 20.1. The summed E-state index contributed by atoms with van der Waals surface area (Å²) in [6.45, 7) is 5.15. The molecule has 34 heavy (non-hydrogen) atoms. The van der Waals surface area contributed by atoms with Gasteiger partial charge in [0.25, 0.3) is 0 Å². The Hall–Kier alpha value is -3.32. The maximum atomic E-state index is 13.7. The Morgan fingerprint density at radius 3 is 2.65 bits per heavy atom.